The van der Waals surface area contributed by atoms with E-state index >= 15 is 0 Å². The van der Waals surface area contributed by atoms with Crippen molar-refractivity contribution in [2.45, 2.75) is 26.8 Å². The topological polar surface area (TPSA) is 51.4 Å². The van der Waals surface area contributed by atoms with Crippen LogP contribution in [0.1, 0.15) is 25.8 Å². The van der Waals surface area contributed by atoms with Gasteiger partial charge in [-0.25, -0.2) is 0 Å². The lowest BCUT2D eigenvalue weighted by molar-refractivity contribution is 0.319. The molecule has 21 heavy (non-hydrogen) atoms. The van der Waals surface area contributed by atoms with Crippen molar-refractivity contribution in [1.82, 2.24) is 4.98 Å². The fraction of sp³-hybridized carbons (Fsp3) is 0.353. The summed E-state index contributed by atoms with van der Waals surface area (Å²) >= 11 is 0. The lowest BCUT2D eigenvalue weighted by atomic mass is 10.2. The number of pyridine rings is 1. The van der Waals surface area contributed by atoms with Gasteiger partial charge in [0.25, 0.3) is 0 Å². The van der Waals surface area contributed by atoms with Crippen LogP contribution in [0.25, 0.3) is 0 Å². The Labute approximate surface area is 126 Å². The largest absolute Gasteiger partial charge is 0.491 e. The second kappa shape index (κ2) is 7.53. The summed E-state index contributed by atoms with van der Waals surface area (Å²) in [6, 6.07) is 10.0. The quantitative estimate of drug-likeness (QED) is 0.791. The van der Waals surface area contributed by atoms with Crippen LogP contribution in [0.4, 0.5) is 11.4 Å². The maximum atomic E-state index is 6.28. The average Bonchev–Trinajstić information content (AvgIpc) is 2.53. The number of nitrogen functional groups attached to an aromatic ring is 1. The molecule has 2 rings (SSSR count). The molecule has 2 N–H and O–H groups in total. The summed E-state index contributed by atoms with van der Waals surface area (Å²) in [7, 11) is 0. The first-order chi connectivity index (χ1) is 10.3. The van der Waals surface area contributed by atoms with E-state index in [1.165, 1.54) is 5.56 Å². The van der Waals surface area contributed by atoms with Crippen molar-refractivity contribution in [3.63, 3.8) is 0 Å². The molecule has 0 radical (unpaired) electrons. The minimum atomic E-state index is 0.685. The van der Waals surface area contributed by atoms with Crippen LogP contribution in [0.15, 0.2) is 42.7 Å². The number of para-hydroxylation sites is 1. The van der Waals surface area contributed by atoms with Crippen molar-refractivity contribution in [1.29, 1.82) is 0 Å². The van der Waals surface area contributed by atoms with Gasteiger partial charge in [0.05, 0.1) is 18.0 Å². The number of hydrogen-bond donors (Lipinski definition) is 1. The summed E-state index contributed by atoms with van der Waals surface area (Å²) < 4.78 is 5.71. The number of nitrogens with two attached hydrogens (primary N) is 1. The predicted octanol–water partition coefficient (Wildman–Crippen LogP) is 3.48. The third-order valence-electron chi connectivity index (χ3n) is 3.35. The summed E-state index contributed by atoms with van der Waals surface area (Å²) in [4.78, 5) is 6.29. The molecule has 0 aliphatic rings. The molecule has 0 amide bonds. The van der Waals surface area contributed by atoms with E-state index in [1.54, 1.807) is 0 Å². The van der Waals surface area contributed by atoms with Gasteiger partial charge in [0.15, 0.2) is 0 Å². The number of ether oxygens (including phenoxy) is 1. The molecule has 4 heteroatoms. The summed E-state index contributed by atoms with van der Waals surface area (Å²) in [6.07, 6.45) is 4.60. The summed E-state index contributed by atoms with van der Waals surface area (Å²) in [5, 5.41) is 0. The van der Waals surface area contributed by atoms with Crippen LogP contribution in [0.3, 0.4) is 0 Å². The van der Waals surface area contributed by atoms with Crippen LogP contribution in [0.2, 0.25) is 0 Å². The van der Waals surface area contributed by atoms with E-state index in [-0.39, 0.29) is 0 Å². The molecule has 0 saturated heterocycles. The summed E-state index contributed by atoms with van der Waals surface area (Å²) in [5.41, 5.74) is 9.22. The van der Waals surface area contributed by atoms with Crippen molar-refractivity contribution in [2.75, 3.05) is 23.8 Å². The number of nitrogens with zero attached hydrogens (tertiary/aromatic N) is 2. The molecule has 0 spiro atoms. The van der Waals surface area contributed by atoms with Gasteiger partial charge in [0.2, 0.25) is 0 Å². The molecule has 0 aliphatic carbocycles. The van der Waals surface area contributed by atoms with Crippen LogP contribution >= 0.6 is 0 Å². The zero-order valence-electron chi connectivity index (χ0n) is 12.7. The first kappa shape index (κ1) is 15.2. The fourth-order valence-corrected chi connectivity index (χ4v) is 2.22. The van der Waals surface area contributed by atoms with Gasteiger partial charge in [0.1, 0.15) is 5.75 Å². The third-order valence-corrected chi connectivity index (χ3v) is 3.35. The number of anilines is 2. The van der Waals surface area contributed by atoms with Gasteiger partial charge in [-0.15, -0.1) is 0 Å². The molecule has 1 aromatic heterocycles. The van der Waals surface area contributed by atoms with Gasteiger partial charge in [-0.3, -0.25) is 4.98 Å². The van der Waals surface area contributed by atoms with Crippen molar-refractivity contribution < 1.29 is 4.74 Å². The van der Waals surface area contributed by atoms with E-state index in [4.69, 9.17) is 10.5 Å². The molecule has 0 unspecified atom stereocenters. The zero-order valence-corrected chi connectivity index (χ0v) is 12.7. The maximum Gasteiger partial charge on any atom is 0.144 e. The molecular formula is C17H23N3O. The highest BCUT2D eigenvalue weighted by molar-refractivity contribution is 5.74. The highest BCUT2D eigenvalue weighted by atomic mass is 16.5. The van der Waals surface area contributed by atoms with Crippen LogP contribution in [0, 0.1) is 0 Å². The average molecular weight is 285 g/mol. The summed E-state index contributed by atoms with van der Waals surface area (Å²) in [6.45, 7) is 6.58. The van der Waals surface area contributed by atoms with Crippen molar-refractivity contribution in [2.24, 2.45) is 0 Å². The molecule has 0 bridgehead atoms. The van der Waals surface area contributed by atoms with Crippen molar-refractivity contribution >= 4 is 11.4 Å². The lowest BCUT2D eigenvalue weighted by Crippen LogP contribution is -2.23. The number of aromatic nitrogens is 1. The minimum absolute atomic E-state index is 0.685. The van der Waals surface area contributed by atoms with E-state index < -0.39 is 0 Å². The highest BCUT2D eigenvalue weighted by Gasteiger charge is 2.12. The van der Waals surface area contributed by atoms with Crippen LogP contribution in [0.5, 0.6) is 5.75 Å². The Bertz CT molecular complexity index is 557. The SMILES string of the molecule is CCCOc1cccc(N(CC)Cc2ccncc2)c1N. The van der Waals surface area contributed by atoms with Gasteiger partial charge in [0, 0.05) is 25.5 Å². The van der Waals surface area contributed by atoms with E-state index in [9.17, 15) is 0 Å². The number of rotatable bonds is 7. The molecular weight excluding hydrogens is 262 g/mol. The standard InChI is InChI=1S/C17H23N3O/c1-3-12-21-16-7-5-6-15(17(16)18)20(4-2)13-14-8-10-19-11-9-14/h5-11H,3-4,12-13,18H2,1-2H3. The van der Waals surface area contributed by atoms with Gasteiger partial charge in [-0.1, -0.05) is 13.0 Å². The first-order valence-electron chi connectivity index (χ1n) is 7.41. The molecule has 0 saturated carbocycles. The lowest BCUT2D eigenvalue weighted by Gasteiger charge is -2.25. The summed E-state index contributed by atoms with van der Waals surface area (Å²) in [5.74, 6) is 0.766. The molecule has 4 nitrogen and oxygen atoms in total. The van der Waals surface area contributed by atoms with Crippen LogP contribution in [-0.2, 0) is 6.54 Å². The van der Waals surface area contributed by atoms with Crippen LogP contribution < -0.4 is 15.4 Å². The number of hydrogen-bond acceptors (Lipinski definition) is 4. The smallest absolute Gasteiger partial charge is 0.144 e. The minimum Gasteiger partial charge on any atom is -0.491 e. The Kier molecular flexibility index (Phi) is 5.43. The monoisotopic (exact) mass is 285 g/mol. The maximum absolute atomic E-state index is 6.28. The molecule has 112 valence electrons. The van der Waals surface area contributed by atoms with Gasteiger partial charge in [-0.05, 0) is 43.2 Å². The third kappa shape index (κ3) is 3.88. The Balaban J connectivity index is 2.21. The molecule has 2 aromatic rings. The first-order valence-corrected chi connectivity index (χ1v) is 7.41. The van der Waals surface area contributed by atoms with Crippen molar-refractivity contribution in [3.8, 4) is 5.75 Å². The molecule has 0 aliphatic heterocycles. The van der Waals surface area contributed by atoms with E-state index in [0.29, 0.717) is 12.3 Å². The molecule has 0 fully saturated rings. The Morgan fingerprint density at radius 1 is 1.14 bits per heavy atom. The second-order valence-electron chi connectivity index (χ2n) is 4.91. The van der Waals surface area contributed by atoms with Crippen molar-refractivity contribution in [3.05, 3.63) is 48.3 Å². The van der Waals surface area contributed by atoms with Gasteiger partial charge >= 0.3 is 0 Å². The predicted molar refractivity (Wildman–Crippen MR) is 87.6 cm³/mol. The molecule has 0 atom stereocenters. The Hall–Kier alpha value is -2.23. The zero-order chi connectivity index (χ0) is 15.1. The molecule has 1 aromatic carbocycles. The Morgan fingerprint density at radius 3 is 2.57 bits per heavy atom. The van der Waals surface area contributed by atoms with E-state index in [2.05, 4.69) is 23.7 Å². The normalized spacial score (nSPS) is 10.4. The number of benzene rings is 1. The second-order valence-corrected chi connectivity index (χ2v) is 4.91. The highest BCUT2D eigenvalue weighted by Crippen LogP contribution is 2.33. The van der Waals surface area contributed by atoms with E-state index in [1.807, 2.05) is 42.7 Å². The molecule has 1 heterocycles. The fourth-order valence-electron chi connectivity index (χ4n) is 2.22. The Morgan fingerprint density at radius 2 is 1.90 bits per heavy atom. The van der Waals surface area contributed by atoms with Crippen LogP contribution in [-0.4, -0.2) is 18.1 Å². The van der Waals surface area contributed by atoms with E-state index in [0.717, 1.165) is 30.9 Å². The van der Waals surface area contributed by atoms with Gasteiger partial charge < -0.3 is 15.4 Å². The van der Waals surface area contributed by atoms with Gasteiger partial charge in [-0.2, -0.15) is 0 Å².